The number of amides is 1. The van der Waals surface area contributed by atoms with Gasteiger partial charge in [-0.3, -0.25) is 9.69 Å². The summed E-state index contributed by atoms with van der Waals surface area (Å²) in [5.74, 6) is 0.911. The molecule has 3 aromatic rings. The Hall–Kier alpha value is -2.73. The first kappa shape index (κ1) is 25.9. The van der Waals surface area contributed by atoms with E-state index in [1.54, 1.807) is 25.2 Å². The van der Waals surface area contributed by atoms with Crippen molar-refractivity contribution in [1.82, 2.24) is 14.2 Å². The molecule has 1 aromatic heterocycles. The summed E-state index contributed by atoms with van der Waals surface area (Å²) in [5, 5.41) is 0.555. The summed E-state index contributed by atoms with van der Waals surface area (Å²) >= 11 is 1.39. The summed E-state index contributed by atoms with van der Waals surface area (Å²) in [6, 6.07) is 9.62. The standard InChI is InChI=1S/C23H30N4O5S2/c1-25(2)12-7-13-27(22(28)16-8-10-17(11-9-16)34(29,30)26(3)4)23-24-18-14-19(31-5)20(32-6)15-21(18)33-23/h8-11,14-15H,7,12-13H2,1-6H3. The molecule has 0 N–H and O–H groups in total. The third kappa shape index (κ3) is 5.49. The van der Waals surface area contributed by atoms with Gasteiger partial charge in [-0.05, 0) is 51.3 Å². The average molecular weight is 507 g/mol. The normalized spacial score (nSPS) is 11.9. The zero-order valence-corrected chi connectivity index (χ0v) is 21.9. The van der Waals surface area contributed by atoms with Crippen molar-refractivity contribution in [1.29, 1.82) is 0 Å². The SMILES string of the molecule is COc1cc2nc(N(CCCN(C)C)C(=O)c3ccc(S(=O)(=O)N(C)C)cc3)sc2cc1OC. The van der Waals surface area contributed by atoms with Crippen LogP contribution in [0.1, 0.15) is 16.8 Å². The molecule has 0 atom stereocenters. The largest absolute Gasteiger partial charge is 0.493 e. The van der Waals surface area contributed by atoms with Crippen LogP contribution in [0.15, 0.2) is 41.3 Å². The third-order valence-electron chi connectivity index (χ3n) is 5.23. The monoisotopic (exact) mass is 506 g/mol. The minimum Gasteiger partial charge on any atom is -0.493 e. The molecule has 3 rings (SSSR count). The van der Waals surface area contributed by atoms with E-state index in [0.29, 0.717) is 34.3 Å². The van der Waals surface area contributed by atoms with E-state index in [9.17, 15) is 13.2 Å². The maximum atomic E-state index is 13.5. The lowest BCUT2D eigenvalue weighted by atomic mass is 10.2. The molecule has 0 unspecified atom stereocenters. The van der Waals surface area contributed by atoms with E-state index in [0.717, 1.165) is 22.0 Å². The zero-order valence-electron chi connectivity index (χ0n) is 20.2. The first-order valence-electron chi connectivity index (χ1n) is 10.6. The summed E-state index contributed by atoms with van der Waals surface area (Å²) < 4.78 is 37.5. The molecule has 0 aliphatic carbocycles. The number of ether oxygens (including phenoxy) is 2. The molecule has 184 valence electrons. The summed E-state index contributed by atoms with van der Waals surface area (Å²) in [7, 11) is 6.46. The van der Waals surface area contributed by atoms with Crippen molar-refractivity contribution < 1.29 is 22.7 Å². The van der Waals surface area contributed by atoms with Gasteiger partial charge >= 0.3 is 0 Å². The lowest BCUT2D eigenvalue weighted by molar-refractivity contribution is 0.0986. The quantitative estimate of drug-likeness (QED) is 0.417. The Balaban J connectivity index is 1.98. The topological polar surface area (TPSA) is 92.3 Å². The highest BCUT2D eigenvalue weighted by atomic mass is 32.2. The molecule has 2 aromatic carbocycles. The van der Waals surface area contributed by atoms with Gasteiger partial charge in [-0.25, -0.2) is 17.7 Å². The van der Waals surface area contributed by atoms with Crippen molar-refractivity contribution in [3.63, 3.8) is 0 Å². The second kappa shape index (κ2) is 10.7. The van der Waals surface area contributed by atoms with Gasteiger partial charge in [-0.15, -0.1) is 0 Å². The molecule has 0 saturated heterocycles. The van der Waals surface area contributed by atoms with Gasteiger partial charge in [-0.2, -0.15) is 0 Å². The van der Waals surface area contributed by atoms with E-state index >= 15 is 0 Å². The molecule has 0 saturated carbocycles. The predicted molar refractivity (Wildman–Crippen MR) is 135 cm³/mol. The van der Waals surface area contributed by atoms with Crippen molar-refractivity contribution in [2.75, 3.05) is 60.4 Å². The van der Waals surface area contributed by atoms with Gasteiger partial charge in [0.1, 0.15) is 0 Å². The van der Waals surface area contributed by atoms with Crippen LogP contribution in [0, 0.1) is 0 Å². The molecular weight excluding hydrogens is 476 g/mol. The molecular formula is C23H30N4O5S2. The van der Waals surface area contributed by atoms with Crippen LogP contribution >= 0.6 is 11.3 Å². The van der Waals surface area contributed by atoms with Crippen molar-refractivity contribution in [3.8, 4) is 11.5 Å². The molecule has 0 aliphatic rings. The summed E-state index contributed by atoms with van der Waals surface area (Å²) in [4.78, 5) is 22.0. The van der Waals surface area contributed by atoms with E-state index in [4.69, 9.17) is 14.5 Å². The van der Waals surface area contributed by atoms with Gasteiger partial charge in [0.05, 0.1) is 29.3 Å². The van der Waals surface area contributed by atoms with Gasteiger partial charge in [0, 0.05) is 38.3 Å². The number of benzene rings is 2. The molecule has 0 bridgehead atoms. The second-order valence-corrected chi connectivity index (χ2v) is 11.3. The number of sulfonamides is 1. The Kier molecular flexibility index (Phi) is 8.13. The highest BCUT2D eigenvalue weighted by Crippen LogP contribution is 2.37. The fourth-order valence-corrected chi connectivity index (χ4v) is 5.23. The minimum atomic E-state index is -3.58. The maximum Gasteiger partial charge on any atom is 0.260 e. The number of thiazole rings is 1. The van der Waals surface area contributed by atoms with Crippen LogP contribution in [0.5, 0.6) is 11.5 Å². The first-order valence-corrected chi connectivity index (χ1v) is 12.9. The van der Waals surface area contributed by atoms with Crippen LogP contribution in [0.3, 0.4) is 0 Å². The molecule has 0 fully saturated rings. The lowest BCUT2D eigenvalue weighted by Gasteiger charge is -2.21. The Morgan fingerprint density at radius 2 is 1.59 bits per heavy atom. The summed E-state index contributed by atoms with van der Waals surface area (Å²) in [6.45, 7) is 1.26. The molecule has 0 spiro atoms. The number of hydrogen-bond acceptors (Lipinski definition) is 8. The van der Waals surface area contributed by atoms with E-state index in [1.807, 2.05) is 20.2 Å². The number of aromatic nitrogens is 1. The van der Waals surface area contributed by atoms with Crippen LogP contribution in [0.2, 0.25) is 0 Å². The van der Waals surface area contributed by atoms with Gasteiger partial charge in [-0.1, -0.05) is 11.3 Å². The van der Waals surface area contributed by atoms with Crippen molar-refractivity contribution in [2.24, 2.45) is 0 Å². The molecule has 1 heterocycles. The van der Waals surface area contributed by atoms with Crippen LogP contribution < -0.4 is 14.4 Å². The Morgan fingerprint density at radius 1 is 0.971 bits per heavy atom. The van der Waals surface area contributed by atoms with E-state index in [1.165, 1.54) is 49.7 Å². The third-order valence-corrected chi connectivity index (χ3v) is 8.10. The van der Waals surface area contributed by atoms with Crippen molar-refractivity contribution >= 4 is 42.6 Å². The molecule has 9 nitrogen and oxygen atoms in total. The number of hydrogen-bond donors (Lipinski definition) is 0. The van der Waals surface area contributed by atoms with Crippen LogP contribution in [-0.4, -0.2) is 84.0 Å². The molecule has 34 heavy (non-hydrogen) atoms. The van der Waals surface area contributed by atoms with Crippen LogP contribution in [0.4, 0.5) is 5.13 Å². The Labute approximate surface area is 204 Å². The molecule has 1 amide bonds. The van der Waals surface area contributed by atoms with E-state index < -0.39 is 10.0 Å². The van der Waals surface area contributed by atoms with Gasteiger partial charge in [0.15, 0.2) is 16.6 Å². The number of methoxy groups -OCH3 is 2. The summed E-state index contributed by atoms with van der Waals surface area (Å²) in [5.41, 5.74) is 1.09. The Morgan fingerprint density at radius 3 is 2.15 bits per heavy atom. The van der Waals surface area contributed by atoms with Crippen molar-refractivity contribution in [2.45, 2.75) is 11.3 Å². The summed E-state index contributed by atoms with van der Waals surface area (Å²) in [6.07, 6.45) is 0.744. The van der Waals surface area contributed by atoms with E-state index in [-0.39, 0.29) is 10.8 Å². The van der Waals surface area contributed by atoms with Crippen LogP contribution in [0.25, 0.3) is 10.2 Å². The first-order chi connectivity index (χ1) is 16.1. The lowest BCUT2D eigenvalue weighted by Crippen LogP contribution is -2.33. The maximum absolute atomic E-state index is 13.5. The fourth-order valence-electron chi connectivity index (χ4n) is 3.32. The molecule has 0 radical (unpaired) electrons. The predicted octanol–water partition coefficient (Wildman–Crippen LogP) is 3.16. The number of fused-ring (bicyclic) bond motifs is 1. The highest BCUT2D eigenvalue weighted by molar-refractivity contribution is 7.89. The van der Waals surface area contributed by atoms with Gasteiger partial charge in [0.2, 0.25) is 10.0 Å². The number of anilines is 1. The highest BCUT2D eigenvalue weighted by Gasteiger charge is 2.23. The Bertz CT molecular complexity index is 1210. The second-order valence-electron chi connectivity index (χ2n) is 8.10. The fraction of sp³-hybridized carbons (Fsp3) is 0.391. The number of nitrogens with zero attached hydrogens (tertiary/aromatic N) is 4. The van der Waals surface area contributed by atoms with Gasteiger partial charge in [0.25, 0.3) is 5.91 Å². The number of rotatable bonds is 10. The zero-order chi connectivity index (χ0) is 25.0. The number of carbonyl (C=O) groups excluding carboxylic acids is 1. The van der Waals surface area contributed by atoms with Crippen LogP contribution in [-0.2, 0) is 10.0 Å². The average Bonchev–Trinajstić information content (AvgIpc) is 3.22. The smallest absolute Gasteiger partial charge is 0.260 e. The van der Waals surface area contributed by atoms with Gasteiger partial charge < -0.3 is 14.4 Å². The molecule has 11 heteroatoms. The van der Waals surface area contributed by atoms with Crippen molar-refractivity contribution in [3.05, 3.63) is 42.0 Å². The molecule has 0 aliphatic heterocycles. The minimum absolute atomic E-state index is 0.132. The number of carbonyl (C=O) groups is 1. The van der Waals surface area contributed by atoms with E-state index in [2.05, 4.69) is 4.90 Å².